The number of methoxy groups -OCH3 is 1. The molecule has 1 aromatic rings. The van der Waals surface area contributed by atoms with Crippen molar-refractivity contribution >= 4 is 24.8 Å². The van der Waals surface area contributed by atoms with Crippen molar-refractivity contribution in [3.05, 3.63) is 29.8 Å². The van der Waals surface area contributed by atoms with Crippen molar-refractivity contribution in [3.8, 4) is 11.8 Å². The van der Waals surface area contributed by atoms with Gasteiger partial charge in [-0.2, -0.15) is 5.26 Å². The van der Waals surface area contributed by atoms with Gasteiger partial charge in [-0.1, -0.05) is 12.1 Å². The second kappa shape index (κ2) is 10.2. The number of benzene rings is 1. The van der Waals surface area contributed by atoms with Crippen LogP contribution in [0.15, 0.2) is 24.3 Å². The van der Waals surface area contributed by atoms with Gasteiger partial charge >= 0.3 is 0 Å². The number of ether oxygens (including phenoxy) is 1. The first kappa shape index (κ1) is 22.1. The first-order valence-corrected chi connectivity index (χ1v) is 8.78. The summed E-state index contributed by atoms with van der Waals surface area (Å²) < 4.78 is 5.33. The third kappa shape index (κ3) is 5.24. The smallest absolute Gasteiger partial charge is 0.119 e. The van der Waals surface area contributed by atoms with Gasteiger partial charge in [0.2, 0.25) is 0 Å². The molecule has 0 unspecified atom stereocenters. The lowest BCUT2D eigenvalue weighted by molar-refractivity contribution is 0.257. The summed E-state index contributed by atoms with van der Waals surface area (Å²) in [4.78, 5) is 0. The monoisotopic (exact) mass is 385 g/mol. The Morgan fingerprint density at radius 2 is 1.76 bits per heavy atom. The number of halogens is 2. The van der Waals surface area contributed by atoms with Crippen molar-refractivity contribution in [3.63, 3.8) is 0 Å². The van der Waals surface area contributed by atoms with Gasteiger partial charge in [0.1, 0.15) is 5.75 Å². The van der Waals surface area contributed by atoms with E-state index in [-0.39, 0.29) is 30.2 Å². The summed E-state index contributed by atoms with van der Waals surface area (Å²) in [6.07, 6.45) is 6.45. The fourth-order valence-corrected chi connectivity index (χ4v) is 3.98. The van der Waals surface area contributed by atoms with E-state index in [4.69, 9.17) is 4.74 Å². The molecule has 0 spiro atoms. The molecule has 0 radical (unpaired) electrons. The normalized spacial score (nSPS) is 26.6. The van der Waals surface area contributed by atoms with Gasteiger partial charge in [0.15, 0.2) is 0 Å². The summed E-state index contributed by atoms with van der Waals surface area (Å²) in [7, 11) is 1.68. The van der Waals surface area contributed by atoms with Gasteiger partial charge in [-0.15, -0.1) is 24.8 Å². The predicted octanol–water partition coefficient (Wildman–Crippen LogP) is 3.58. The summed E-state index contributed by atoms with van der Waals surface area (Å²) in [6, 6.07) is 11.9. The van der Waals surface area contributed by atoms with Gasteiger partial charge in [-0.25, -0.2) is 0 Å². The molecule has 0 aromatic heterocycles. The summed E-state index contributed by atoms with van der Waals surface area (Å²) in [5.41, 5.74) is 0.764. The first-order chi connectivity index (χ1) is 11.3. The molecule has 6 heteroatoms. The molecule has 1 heterocycles. The van der Waals surface area contributed by atoms with Crippen LogP contribution < -0.4 is 15.4 Å². The van der Waals surface area contributed by atoms with Gasteiger partial charge in [0, 0.05) is 12.1 Å². The molecule has 1 aliphatic heterocycles. The topological polar surface area (TPSA) is 57.1 Å². The Kier molecular flexibility index (Phi) is 9.02. The molecule has 0 atom stereocenters. The van der Waals surface area contributed by atoms with Crippen molar-refractivity contribution in [1.29, 1.82) is 5.26 Å². The molecule has 1 aromatic carbocycles. The van der Waals surface area contributed by atoms with Crippen LogP contribution in [0.25, 0.3) is 0 Å². The van der Waals surface area contributed by atoms with Gasteiger partial charge < -0.3 is 15.4 Å². The van der Waals surface area contributed by atoms with Crippen LogP contribution in [0.3, 0.4) is 0 Å². The van der Waals surface area contributed by atoms with Gasteiger partial charge in [-0.3, -0.25) is 0 Å². The highest BCUT2D eigenvalue weighted by atomic mass is 35.5. The zero-order chi connectivity index (χ0) is 16.1. The first-order valence-electron chi connectivity index (χ1n) is 8.78. The maximum absolute atomic E-state index is 9.85. The van der Waals surface area contributed by atoms with Crippen molar-refractivity contribution in [2.75, 3.05) is 20.2 Å². The van der Waals surface area contributed by atoms with E-state index in [1.54, 1.807) is 7.11 Å². The van der Waals surface area contributed by atoms with Crippen LogP contribution >= 0.6 is 24.8 Å². The Morgan fingerprint density at radius 1 is 1.12 bits per heavy atom. The average Bonchev–Trinajstić information content (AvgIpc) is 2.63. The van der Waals surface area contributed by atoms with E-state index in [1.165, 1.54) is 12.8 Å². The van der Waals surface area contributed by atoms with Crippen molar-refractivity contribution in [2.45, 2.75) is 56.0 Å². The number of nitrogens with zero attached hydrogens (tertiary/aromatic N) is 1. The number of hydrogen-bond donors (Lipinski definition) is 2. The summed E-state index contributed by atoms with van der Waals surface area (Å²) >= 11 is 0. The number of hydrogen-bond acceptors (Lipinski definition) is 4. The molecule has 4 nitrogen and oxygen atoms in total. The molecule has 2 aliphatic rings. The van der Waals surface area contributed by atoms with Crippen LogP contribution in [0, 0.1) is 11.3 Å². The van der Waals surface area contributed by atoms with E-state index in [2.05, 4.69) is 22.8 Å². The highest BCUT2D eigenvalue weighted by molar-refractivity contribution is 5.85. The van der Waals surface area contributed by atoms with Crippen LogP contribution in [0.5, 0.6) is 5.75 Å². The fraction of sp³-hybridized carbons (Fsp3) is 0.632. The van der Waals surface area contributed by atoms with Crippen molar-refractivity contribution in [2.24, 2.45) is 0 Å². The van der Waals surface area contributed by atoms with Gasteiger partial charge in [-0.05, 0) is 69.3 Å². The van der Waals surface area contributed by atoms with Crippen molar-refractivity contribution < 1.29 is 4.74 Å². The lowest BCUT2D eigenvalue weighted by atomic mass is 9.69. The second-order valence-electron chi connectivity index (χ2n) is 6.89. The molecule has 140 valence electrons. The summed E-state index contributed by atoms with van der Waals surface area (Å²) in [5.74, 6) is 0.840. The van der Waals surface area contributed by atoms with Crippen molar-refractivity contribution in [1.82, 2.24) is 10.6 Å². The van der Waals surface area contributed by atoms with E-state index >= 15 is 0 Å². The third-order valence-electron chi connectivity index (χ3n) is 5.49. The number of nitriles is 1. The lowest BCUT2D eigenvalue weighted by Crippen LogP contribution is -2.47. The largest absolute Gasteiger partial charge is 0.497 e. The van der Waals surface area contributed by atoms with E-state index < -0.39 is 0 Å². The molecule has 1 saturated heterocycles. The van der Waals surface area contributed by atoms with Crippen LogP contribution in [-0.4, -0.2) is 32.3 Å². The lowest BCUT2D eigenvalue weighted by Gasteiger charge is -2.38. The summed E-state index contributed by atoms with van der Waals surface area (Å²) in [5, 5.41) is 17.1. The number of piperidine rings is 1. The molecule has 1 saturated carbocycles. The Morgan fingerprint density at radius 3 is 2.36 bits per heavy atom. The van der Waals surface area contributed by atoms with E-state index in [9.17, 15) is 5.26 Å². The predicted molar refractivity (Wildman–Crippen MR) is 106 cm³/mol. The SMILES string of the molecule is COc1cccc([C@]2(C#N)CC[C@H](NC3CCNCC3)CC2)c1.Cl.Cl. The summed E-state index contributed by atoms with van der Waals surface area (Å²) in [6.45, 7) is 2.24. The Labute approximate surface area is 163 Å². The molecule has 3 rings (SSSR count). The third-order valence-corrected chi connectivity index (χ3v) is 5.49. The van der Waals surface area contributed by atoms with E-state index in [0.717, 1.165) is 50.1 Å². The minimum Gasteiger partial charge on any atom is -0.497 e. The Hall–Kier alpha value is -0.990. The highest BCUT2D eigenvalue weighted by Gasteiger charge is 2.37. The van der Waals surface area contributed by atoms with E-state index in [1.807, 2.05) is 18.2 Å². The molecule has 2 N–H and O–H groups in total. The quantitative estimate of drug-likeness (QED) is 0.831. The molecule has 0 bridgehead atoms. The second-order valence-corrected chi connectivity index (χ2v) is 6.89. The van der Waals surface area contributed by atoms with Gasteiger partial charge in [0.05, 0.1) is 18.6 Å². The standard InChI is InChI=1S/C19H27N3O.2ClH/c1-23-18-4-2-3-15(13-18)19(14-20)9-5-16(6-10-19)22-17-7-11-21-12-8-17;;/h2-4,13,16-17,21-22H,5-12H2,1H3;2*1H/t16-,19+;;. The van der Waals surface area contributed by atoms with Crippen LogP contribution in [0.2, 0.25) is 0 Å². The maximum Gasteiger partial charge on any atom is 0.119 e. The fourth-order valence-electron chi connectivity index (χ4n) is 3.98. The molecule has 25 heavy (non-hydrogen) atoms. The zero-order valence-corrected chi connectivity index (χ0v) is 16.4. The van der Waals surface area contributed by atoms with Crippen LogP contribution in [-0.2, 0) is 5.41 Å². The Balaban J connectivity index is 0.00000156. The van der Waals surface area contributed by atoms with Gasteiger partial charge in [0.25, 0.3) is 0 Å². The minimum atomic E-state index is -0.346. The average molecular weight is 386 g/mol. The van der Waals surface area contributed by atoms with Crippen LogP contribution in [0.4, 0.5) is 0 Å². The number of nitrogens with one attached hydrogen (secondary N) is 2. The highest BCUT2D eigenvalue weighted by Crippen LogP contribution is 2.40. The molecule has 1 aliphatic carbocycles. The number of rotatable bonds is 4. The molecule has 2 fully saturated rings. The van der Waals surface area contributed by atoms with E-state index in [0.29, 0.717) is 12.1 Å². The molecule has 0 amide bonds. The van der Waals surface area contributed by atoms with Crippen LogP contribution in [0.1, 0.15) is 44.1 Å². The molecular weight excluding hydrogens is 357 g/mol. The molecular formula is C19H29Cl2N3O. The maximum atomic E-state index is 9.85. The zero-order valence-electron chi connectivity index (χ0n) is 14.8. The Bertz CT molecular complexity index is 562. The minimum absolute atomic E-state index is 0.